The first-order chi connectivity index (χ1) is 13.9. The van der Waals surface area contributed by atoms with Crippen molar-refractivity contribution in [2.45, 2.75) is 51.5 Å². The molecule has 3 aromatic rings. The smallest absolute Gasteiger partial charge is 0.353 e. The first kappa shape index (κ1) is 19.8. The van der Waals surface area contributed by atoms with Crippen LogP contribution >= 0.6 is 0 Å². The predicted octanol–water partition coefficient (Wildman–Crippen LogP) is 2.89. The standard InChI is InChI=1S/C22H26N2O5/c1-13(2)3-4-14-5-7-15(8-6-14)18-9-16-11-24(22(27)23-21(16)29-18)20-10-17(26)19(12-25)28-20/h5-9,11,13,17,19-20,25-26H,3-4,10,12H2,1-2H3/t17-,19+,20+/m0/s1. The van der Waals surface area contributed by atoms with Crippen molar-refractivity contribution in [3.05, 3.63) is 52.6 Å². The van der Waals surface area contributed by atoms with E-state index in [-0.39, 0.29) is 18.7 Å². The molecule has 1 aliphatic rings. The Hall–Kier alpha value is -2.48. The highest BCUT2D eigenvalue weighted by atomic mass is 16.5. The molecule has 2 N–H and O–H groups in total. The zero-order chi connectivity index (χ0) is 20.5. The molecule has 0 saturated carbocycles. The van der Waals surface area contributed by atoms with Crippen LogP contribution in [0.25, 0.3) is 22.4 Å². The minimum atomic E-state index is -0.818. The van der Waals surface area contributed by atoms with Crippen LogP contribution in [0.15, 0.2) is 45.7 Å². The van der Waals surface area contributed by atoms with Crippen LogP contribution in [0.5, 0.6) is 0 Å². The van der Waals surface area contributed by atoms with E-state index in [4.69, 9.17) is 9.15 Å². The molecule has 1 saturated heterocycles. The Morgan fingerprint density at radius 3 is 2.69 bits per heavy atom. The number of aliphatic hydroxyl groups excluding tert-OH is 2. The molecule has 0 unspecified atom stereocenters. The summed E-state index contributed by atoms with van der Waals surface area (Å²) in [6.45, 7) is 4.13. The SMILES string of the molecule is CC(C)CCc1ccc(-c2cc3cn([C@H]4C[C@H](O)[C@@H](CO)O4)c(=O)nc3o2)cc1. The van der Waals surface area contributed by atoms with Gasteiger partial charge >= 0.3 is 5.69 Å². The average molecular weight is 398 g/mol. The second-order valence-corrected chi connectivity index (χ2v) is 8.05. The lowest BCUT2D eigenvalue weighted by molar-refractivity contribution is -0.0457. The van der Waals surface area contributed by atoms with Crippen molar-refractivity contribution in [3.8, 4) is 11.3 Å². The molecule has 0 spiro atoms. The van der Waals surface area contributed by atoms with E-state index in [2.05, 4.69) is 31.0 Å². The molecule has 3 heterocycles. The maximum Gasteiger partial charge on any atom is 0.353 e. The van der Waals surface area contributed by atoms with Crippen molar-refractivity contribution in [3.63, 3.8) is 0 Å². The van der Waals surface area contributed by atoms with Gasteiger partial charge in [0, 0.05) is 18.2 Å². The van der Waals surface area contributed by atoms with Crippen LogP contribution in [0.1, 0.15) is 38.5 Å². The fourth-order valence-corrected chi connectivity index (χ4v) is 3.61. The fourth-order valence-electron chi connectivity index (χ4n) is 3.61. The van der Waals surface area contributed by atoms with E-state index in [9.17, 15) is 15.0 Å². The third-order valence-corrected chi connectivity index (χ3v) is 5.38. The number of benzene rings is 1. The highest BCUT2D eigenvalue weighted by molar-refractivity contribution is 5.79. The summed E-state index contributed by atoms with van der Waals surface area (Å²) in [4.78, 5) is 16.4. The largest absolute Gasteiger partial charge is 0.437 e. The van der Waals surface area contributed by atoms with Gasteiger partial charge in [0.2, 0.25) is 5.71 Å². The van der Waals surface area contributed by atoms with E-state index in [0.29, 0.717) is 17.1 Å². The molecule has 2 aromatic heterocycles. The zero-order valence-corrected chi connectivity index (χ0v) is 16.6. The topological polar surface area (TPSA) is 97.7 Å². The molecule has 7 nitrogen and oxygen atoms in total. The molecule has 154 valence electrons. The molecule has 3 atom stereocenters. The summed E-state index contributed by atoms with van der Waals surface area (Å²) in [7, 11) is 0. The third-order valence-electron chi connectivity index (χ3n) is 5.38. The van der Waals surface area contributed by atoms with E-state index >= 15 is 0 Å². The summed E-state index contributed by atoms with van der Waals surface area (Å²) < 4.78 is 12.7. The minimum Gasteiger partial charge on any atom is -0.437 e. The van der Waals surface area contributed by atoms with Gasteiger partial charge in [-0.2, -0.15) is 4.98 Å². The van der Waals surface area contributed by atoms with Crippen molar-refractivity contribution < 1.29 is 19.4 Å². The summed E-state index contributed by atoms with van der Waals surface area (Å²) in [6, 6.07) is 10.1. The quantitative estimate of drug-likeness (QED) is 0.663. The number of hydrogen-bond acceptors (Lipinski definition) is 6. The first-order valence-corrected chi connectivity index (χ1v) is 10.0. The molecular formula is C22H26N2O5. The number of hydrogen-bond donors (Lipinski definition) is 2. The van der Waals surface area contributed by atoms with Crippen molar-refractivity contribution in [2.75, 3.05) is 6.61 Å². The molecule has 1 aliphatic heterocycles. The number of rotatable bonds is 6. The van der Waals surface area contributed by atoms with Crippen LogP contribution in [-0.2, 0) is 11.2 Å². The lowest BCUT2D eigenvalue weighted by Crippen LogP contribution is -2.27. The molecular weight excluding hydrogens is 372 g/mol. The van der Waals surface area contributed by atoms with Gasteiger partial charge in [-0.1, -0.05) is 38.1 Å². The Kier molecular flexibility index (Phi) is 5.54. The summed E-state index contributed by atoms with van der Waals surface area (Å²) in [6.07, 6.45) is 1.87. The number of aliphatic hydroxyl groups is 2. The zero-order valence-electron chi connectivity index (χ0n) is 16.6. The lowest BCUT2D eigenvalue weighted by atomic mass is 10.0. The molecule has 0 aliphatic carbocycles. The van der Waals surface area contributed by atoms with Gasteiger partial charge < -0.3 is 19.4 Å². The number of furan rings is 1. The lowest BCUT2D eigenvalue weighted by Gasteiger charge is -2.13. The minimum absolute atomic E-state index is 0.223. The molecule has 4 rings (SSSR count). The van der Waals surface area contributed by atoms with Gasteiger partial charge in [-0.25, -0.2) is 4.79 Å². The summed E-state index contributed by atoms with van der Waals surface area (Å²) in [5.41, 5.74) is 1.95. The van der Waals surface area contributed by atoms with Gasteiger partial charge in [-0.05, 0) is 30.4 Å². The molecule has 0 bridgehead atoms. The molecule has 1 fully saturated rings. The van der Waals surface area contributed by atoms with Gasteiger partial charge in [-0.15, -0.1) is 0 Å². The number of aromatic nitrogens is 2. The number of nitrogens with zero attached hydrogens (tertiary/aromatic N) is 2. The predicted molar refractivity (Wildman–Crippen MR) is 108 cm³/mol. The highest BCUT2D eigenvalue weighted by Gasteiger charge is 2.35. The Labute approximate surface area is 168 Å². The average Bonchev–Trinajstić information content (AvgIpc) is 3.28. The molecule has 1 aromatic carbocycles. The van der Waals surface area contributed by atoms with Gasteiger partial charge in [0.1, 0.15) is 18.1 Å². The number of fused-ring (bicyclic) bond motifs is 1. The highest BCUT2D eigenvalue weighted by Crippen LogP contribution is 2.30. The summed E-state index contributed by atoms with van der Waals surface area (Å²) >= 11 is 0. The Balaban J connectivity index is 1.59. The van der Waals surface area contributed by atoms with E-state index < -0.39 is 24.1 Å². The van der Waals surface area contributed by atoms with Crippen molar-refractivity contribution in [2.24, 2.45) is 5.92 Å². The van der Waals surface area contributed by atoms with Gasteiger partial charge in [-0.3, -0.25) is 4.57 Å². The van der Waals surface area contributed by atoms with Crippen LogP contribution in [0.3, 0.4) is 0 Å². The maximum absolute atomic E-state index is 12.4. The molecule has 0 amide bonds. The Morgan fingerprint density at radius 1 is 1.28 bits per heavy atom. The van der Waals surface area contributed by atoms with Crippen molar-refractivity contribution >= 4 is 11.1 Å². The van der Waals surface area contributed by atoms with Gasteiger partial charge in [0.15, 0.2) is 0 Å². The van der Waals surface area contributed by atoms with E-state index in [1.165, 1.54) is 10.1 Å². The van der Waals surface area contributed by atoms with Crippen LogP contribution in [0.2, 0.25) is 0 Å². The first-order valence-electron chi connectivity index (χ1n) is 10.0. The van der Waals surface area contributed by atoms with Gasteiger partial charge in [0.05, 0.1) is 18.1 Å². The Bertz CT molecular complexity index is 1040. The second kappa shape index (κ2) is 8.10. The van der Waals surface area contributed by atoms with E-state index in [1.54, 1.807) is 6.20 Å². The number of aryl methyl sites for hydroxylation is 1. The van der Waals surface area contributed by atoms with Crippen LogP contribution in [0, 0.1) is 5.92 Å². The summed E-state index contributed by atoms with van der Waals surface area (Å²) in [5, 5.41) is 19.9. The second-order valence-electron chi connectivity index (χ2n) is 8.05. The maximum atomic E-state index is 12.4. The molecule has 29 heavy (non-hydrogen) atoms. The monoisotopic (exact) mass is 398 g/mol. The van der Waals surface area contributed by atoms with Crippen molar-refractivity contribution in [1.82, 2.24) is 9.55 Å². The van der Waals surface area contributed by atoms with Gasteiger partial charge in [0.25, 0.3) is 0 Å². The van der Waals surface area contributed by atoms with Crippen LogP contribution in [-0.4, -0.2) is 38.6 Å². The van der Waals surface area contributed by atoms with Crippen LogP contribution < -0.4 is 5.69 Å². The van der Waals surface area contributed by atoms with E-state index in [1.807, 2.05) is 18.2 Å². The van der Waals surface area contributed by atoms with Crippen molar-refractivity contribution in [1.29, 1.82) is 0 Å². The number of ether oxygens (including phenoxy) is 1. The third kappa shape index (κ3) is 4.12. The molecule has 0 radical (unpaired) electrons. The Morgan fingerprint density at radius 2 is 2.03 bits per heavy atom. The fraction of sp³-hybridized carbons (Fsp3) is 0.455. The van der Waals surface area contributed by atoms with E-state index in [0.717, 1.165) is 18.4 Å². The normalized spacial score (nSPS) is 22.0. The van der Waals surface area contributed by atoms with Crippen LogP contribution in [0.4, 0.5) is 0 Å². The summed E-state index contributed by atoms with van der Waals surface area (Å²) in [5.74, 6) is 1.31. The molecule has 7 heteroatoms.